The average Bonchev–Trinajstić information content (AvgIpc) is 3.04. The molecule has 3 rings (SSSR count). The normalized spacial score (nSPS) is 10.8. The van der Waals surface area contributed by atoms with Gasteiger partial charge in [-0.1, -0.05) is 11.8 Å². The molecule has 9 heteroatoms. The van der Waals surface area contributed by atoms with Crippen LogP contribution in [-0.4, -0.2) is 34.3 Å². The molecule has 0 spiro atoms. The van der Waals surface area contributed by atoms with Gasteiger partial charge in [0.15, 0.2) is 5.16 Å². The number of hydrogen-bond acceptors (Lipinski definition) is 7. The first-order valence-corrected chi connectivity index (χ1v) is 9.77. The summed E-state index contributed by atoms with van der Waals surface area (Å²) in [5.74, 6) is -0.563. The van der Waals surface area contributed by atoms with Gasteiger partial charge >= 0.3 is 5.97 Å². The van der Waals surface area contributed by atoms with Gasteiger partial charge in [0.05, 0.1) is 23.8 Å². The van der Waals surface area contributed by atoms with Crippen molar-refractivity contribution in [3.8, 4) is 0 Å². The Morgan fingerprint density at radius 3 is 2.67 bits per heavy atom. The molecule has 7 nitrogen and oxygen atoms in total. The number of amides is 1. The summed E-state index contributed by atoms with van der Waals surface area (Å²) in [5, 5.41) is 3.84. The zero-order chi connectivity index (χ0) is 19.6. The first-order valence-electron chi connectivity index (χ1n) is 7.97. The minimum absolute atomic E-state index is 0.106. The molecule has 2 heterocycles. The number of fused-ring (bicyclic) bond motifs is 1. The average molecular weight is 403 g/mol. The number of anilines is 1. The number of aryl methyl sites for hydroxylation is 1. The Balaban J connectivity index is 1.67. The van der Waals surface area contributed by atoms with E-state index in [9.17, 15) is 14.4 Å². The summed E-state index contributed by atoms with van der Waals surface area (Å²) in [7, 11) is 2.96. The summed E-state index contributed by atoms with van der Waals surface area (Å²) in [6.45, 7) is 1.93. The van der Waals surface area contributed by atoms with Crippen molar-refractivity contribution in [2.75, 3.05) is 18.2 Å². The van der Waals surface area contributed by atoms with Crippen LogP contribution in [0.5, 0.6) is 0 Å². The number of thiophene rings is 1. The summed E-state index contributed by atoms with van der Waals surface area (Å²) in [6.07, 6.45) is 0. The lowest BCUT2D eigenvalue weighted by atomic mass is 10.2. The molecule has 27 heavy (non-hydrogen) atoms. The number of esters is 1. The quantitative estimate of drug-likeness (QED) is 0.400. The molecule has 1 amide bonds. The van der Waals surface area contributed by atoms with Gasteiger partial charge in [0.1, 0.15) is 4.83 Å². The third-order valence-corrected chi connectivity index (χ3v) is 5.75. The van der Waals surface area contributed by atoms with Crippen molar-refractivity contribution in [3.05, 3.63) is 51.1 Å². The van der Waals surface area contributed by atoms with Crippen LogP contribution >= 0.6 is 23.1 Å². The lowest BCUT2D eigenvalue weighted by molar-refractivity contribution is -0.113. The highest BCUT2D eigenvalue weighted by Gasteiger charge is 2.13. The Hall–Kier alpha value is -2.65. The number of carbonyl (C=O) groups excluding carboxylic acids is 2. The summed E-state index contributed by atoms with van der Waals surface area (Å²) in [5.41, 5.74) is 0.855. The molecule has 0 aliphatic heterocycles. The summed E-state index contributed by atoms with van der Waals surface area (Å²) in [6, 6.07) is 8.24. The lowest BCUT2D eigenvalue weighted by Gasteiger charge is -2.08. The van der Waals surface area contributed by atoms with E-state index in [0.717, 1.165) is 4.88 Å². The van der Waals surface area contributed by atoms with Crippen molar-refractivity contribution in [3.63, 3.8) is 0 Å². The SMILES string of the molecule is COC(=O)c1ccc(NC(=O)CSc2nc3sc(C)cc3c(=O)n2C)cc1. The number of nitrogens with zero attached hydrogens (tertiary/aromatic N) is 2. The van der Waals surface area contributed by atoms with Gasteiger partial charge in [-0.2, -0.15) is 0 Å². The molecule has 0 atom stereocenters. The van der Waals surface area contributed by atoms with Gasteiger partial charge in [0.25, 0.3) is 5.56 Å². The van der Waals surface area contributed by atoms with Crippen LogP contribution in [0.4, 0.5) is 5.69 Å². The molecule has 0 bridgehead atoms. The molecule has 0 saturated carbocycles. The van der Waals surface area contributed by atoms with Crippen molar-refractivity contribution in [2.45, 2.75) is 12.1 Å². The number of thioether (sulfide) groups is 1. The van der Waals surface area contributed by atoms with E-state index in [0.29, 0.717) is 26.6 Å². The van der Waals surface area contributed by atoms with Crippen LogP contribution in [0.25, 0.3) is 10.2 Å². The molecule has 0 aliphatic carbocycles. The monoisotopic (exact) mass is 403 g/mol. The van der Waals surface area contributed by atoms with Crippen molar-refractivity contribution in [2.24, 2.45) is 7.05 Å². The number of aromatic nitrogens is 2. The maximum Gasteiger partial charge on any atom is 0.337 e. The molecule has 0 radical (unpaired) electrons. The second kappa shape index (κ2) is 7.93. The number of ether oxygens (including phenoxy) is 1. The smallest absolute Gasteiger partial charge is 0.337 e. The molecule has 0 saturated heterocycles. The number of nitrogens with one attached hydrogen (secondary N) is 1. The minimum atomic E-state index is -0.436. The van der Waals surface area contributed by atoms with Crippen molar-refractivity contribution in [1.82, 2.24) is 9.55 Å². The Morgan fingerprint density at radius 1 is 1.30 bits per heavy atom. The Morgan fingerprint density at radius 2 is 2.00 bits per heavy atom. The van der Waals surface area contributed by atoms with Crippen LogP contribution in [-0.2, 0) is 16.6 Å². The molecule has 0 aliphatic rings. The molecule has 1 aromatic carbocycles. The van der Waals surface area contributed by atoms with Crippen LogP contribution in [0.1, 0.15) is 15.2 Å². The van der Waals surface area contributed by atoms with Gasteiger partial charge in [0.2, 0.25) is 5.91 Å². The molecule has 1 N–H and O–H groups in total. The van der Waals surface area contributed by atoms with Crippen LogP contribution in [0.2, 0.25) is 0 Å². The predicted molar refractivity (Wildman–Crippen MR) is 107 cm³/mol. The fraction of sp³-hybridized carbons (Fsp3) is 0.222. The van der Waals surface area contributed by atoms with Gasteiger partial charge in [-0.15, -0.1) is 11.3 Å². The van der Waals surface area contributed by atoms with E-state index in [4.69, 9.17) is 0 Å². The highest BCUT2D eigenvalue weighted by atomic mass is 32.2. The largest absolute Gasteiger partial charge is 0.465 e. The molecule has 3 aromatic rings. The molecule has 140 valence electrons. The van der Waals surface area contributed by atoms with E-state index < -0.39 is 5.97 Å². The Kier molecular flexibility index (Phi) is 5.62. The van der Waals surface area contributed by atoms with E-state index >= 15 is 0 Å². The maximum atomic E-state index is 12.4. The van der Waals surface area contributed by atoms with Crippen LogP contribution in [0.15, 0.2) is 40.3 Å². The first-order chi connectivity index (χ1) is 12.9. The number of benzene rings is 1. The topological polar surface area (TPSA) is 90.3 Å². The lowest BCUT2D eigenvalue weighted by Crippen LogP contribution is -2.20. The summed E-state index contributed by atoms with van der Waals surface area (Å²) in [4.78, 5) is 42.2. The Labute approximate surface area is 163 Å². The van der Waals surface area contributed by atoms with E-state index in [-0.39, 0.29) is 17.2 Å². The fourth-order valence-electron chi connectivity index (χ4n) is 2.43. The van der Waals surface area contributed by atoms with E-state index in [1.165, 1.54) is 34.8 Å². The van der Waals surface area contributed by atoms with Crippen molar-refractivity contribution in [1.29, 1.82) is 0 Å². The zero-order valence-corrected chi connectivity index (χ0v) is 16.6. The van der Waals surface area contributed by atoms with E-state index in [2.05, 4.69) is 15.0 Å². The molecular weight excluding hydrogens is 386 g/mol. The third-order valence-electron chi connectivity index (χ3n) is 3.78. The second-order valence-electron chi connectivity index (χ2n) is 5.74. The zero-order valence-electron chi connectivity index (χ0n) is 14.9. The highest BCUT2D eigenvalue weighted by molar-refractivity contribution is 7.99. The number of carbonyl (C=O) groups is 2. The molecule has 0 fully saturated rings. The summed E-state index contributed by atoms with van der Waals surface area (Å²) < 4.78 is 6.09. The van der Waals surface area contributed by atoms with E-state index in [1.807, 2.05) is 13.0 Å². The standard InChI is InChI=1S/C18H17N3O4S2/c1-10-8-13-15(27-10)20-18(21(2)16(13)23)26-9-14(22)19-12-6-4-11(5-7-12)17(24)25-3/h4-8H,9H2,1-3H3,(H,19,22). The van der Waals surface area contributed by atoms with Gasteiger partial charge in [0, 0.05) is 17.6 Å². The van der Waals surface area contributed by atoms with Crippen LogP contribution in [0, 0.1) is 6.92 Å². The number of hydrogen-bond donors (Lipinski definition) is 1. The second-order valence-corrected chi connectivity index (χ2v) is 7.92. The Bertz CT molecular complexity index is 1070. The van der Waals surface area contributed by atoms with Gasteiger partial charge in [-0.05, 0) is 37.3 Å². The third kappa shape index (κ3) is 4.20. The van der Waals surface area contributed by atoms with Crippen molar-refractivity contribution >= 4 is 50.9 Å². The van der Waals surface area contributed by atoms with Gasteiger partial charge in [-0.3, -0.25) is 14.2 Å². The van der Waals surface area contributed by atoms with Gasteiger partial charge in [-0.25, -0.2) is 9.78 Å². The summed E-state index contributed by atoms with van der Waals surface area (Å²) >= 11 is 2.65. The highest BCUT2D eigenvalue weighted by Crippen LogP contribution is 2.23. The molecular formula is C18H17N3O4S2. The van der Waals surface area contributed by atoms with Crippen molar-refractivity contribution < 1.29 is 14.3 Å². The van der Waals surface area contributed by atoms with Gasteiger partial charge < -0.3 is 10.1 Å². The molecule has 0 unspecified atom stereocenters. The number of rotatable bonds is 5. The van der Waals surface area contributed by atoms with E-state index in [1.54, 1.807) is 31.3 Å². The fourth-order valence-corrected chi connectivity index (χ4v) is 4.12. The minimum Gasteiger partial charge on any atom is -0.465 e. The maximum absolute atomic E-state index is 12.4. The predicted octanol–water partition coefficient (Wildman–Crippen LogP) is 2.82. The molecule has 2 aromatic heterocycles. The number of methoxy groups -OCH3 is 1. The first kappa shape index (κ1) is 19.1. The van der Waals surface area contributed by atoms with Crippen LogP contribution < -0.4 is 10.9 Å². The van der Waals surface area contributed by atoms with Crippen LogP contribution in [0.3, 0.4) is 0 Å².